The van der Waals surface area contributed by atoms with Crippen LogP contribution in [0.1, 0.15) is 0 Å². The third-order valence-corrected chi connectivity index (χ3v) is 2.36. The van der Waals surface area contributed by atoms with Gasteiger partial charge in [-0.15, -0.1) is 0 Å². The lowest BCUT2D eigenvalue weighted by Crippen LogP contribution is -2.51. The van der Waals surface area contributed by atoms with Gasteiger partial charge in [-0.05, 0) is 0 Å². The molecule has 1 fully saturated rings. The summed E-state index contributed by atoms with van der Waals surface area (Å²) >= 11 is 0. The Morgan fingerprint density at radius 3 is 2.62 bits per heavy atom. The lowest BCUT2D eigenvalue weighted by Gasteiger charge is -2.28. The van der Waals surface area contributed by atoms with Crippen LogP contribution in [0.2, 0.25) is 0 Å². The van der Waals surface area contributed by atoms with E-state index in [0.717, 1.165) is 0 Å². The van der Waals surface area contributed by atoms with E-state index in [1.807, 2.05) is 0 Å². The van der Waals surface area contributed by atoms with Crippen molar-refractivity contribution >= 4 is 11.4 Å². The van der Waals surface area contributed by atoms with Crippen molar-refractivity contribution in [1.82, 2.24) is 5.32 Å². The van der Waals surface area contributed by atoms with Crippen molar-refractivity contribution in [2.45, 2.75) is 6.04 Å². The van der Waals surface area contributed by atoms with Gasteiger partial charge in [-0.1, -0.05) is 0 Å². The van der Waals surface area contributed by atoms with Crippen LogP contribution in [0.4, 0.5) is 20.2 Å². The molecule has 7 heteroatoms. The molecule has 0 aromatic heterocycles. The van der Waals surface area contributed by atoms with Crippen molar-refractivity contribution in [3.63, 3.8) is 0 Å². The molecule has 1 heterocycles. The van der Waals surface area contributed by atoms with E-state index in [1.54, 1.807) is 0 Å². The second-order valence-corrected chi connectivity index (χ2v) is 3.54. The molecule has 0 bridgehead atoms. The zero-order valence-corrected chi connectivity index (χ0v) is 8.17. The summed E-state index contributed by atoms with van der Waals surface area (Å²) in [4.78, 5) is 9.83. The maximum Gasteiger partial charge on any atom is 0.298 e. The molecular formula is C9H9F2N3O2. The van der Waals surface area contributed by atoms with Crippen molar-refractivity contribution in [2.75, 3.05) is 18.4 Å². The summed E-state index contributed by atoms with van der Waals surface area (Å²) in [6, 6.07) is 1.28. The van der Waals surface area contributed by atoms with Gasteiger partial charge in [0.15, 0.2) is 5.82 Å². The number of benzene rings is 1. The fourth-order valence-corrected chi connectivity index (χ4v) is 1.44. The molecule has 16 heavy (non-hydrogen) atoms. The number of anilines is 1. The van der Waals surface area contributed by atoms with Gasteiger partial charge in [0, 0.05) is 19.2 Å². The topological polar surface area (TPSA) is 67.2 Å². The first kappa shape index (κ1) is 10.7. The third-order valence-electron chi connectivity index (χ3n) is 2.36. The molecule has 2 N–H and O–H groups in total. The first-order chi connectivity index (χ1) is 7.58. The van der Waals surface area contributed by atoms with E-state index >= 15 is 0 Å². The summed E-state index contributed by atoms with van der Waals surface area (Å²) in [5.41, 5.74) is -0.831. The van der Waals surface area contributed by atoms with Gasteiger partial charge in [0.1, 0.15) is 11.5 Å². The molecule has 0 saturated carbocycles. The lowest BCUT2D eigenvalue weighted by molar-refractivity contribution is -0.384. The molecule has 1 aliphatic heterocycles. The largest absolute Gasteiger partial charge is 0.372 e. The van der Waals surface area contributed by atoms with Crippen molar-refractivity contribution in [3.05, 3.63) is 33.9 Å². The highest BCUT2D eigenvalue weighted by Gasteiger charge is 2.25. The molecule has 2 rings (SSSR count). The highest BCUT2D eigenvalue weighted by atomic mass is 19.1. The number of nitrogens with one attached hydrogen (secondary N) is 2. The number of hydrogen-bond acceptors (Lipinski definition) is 4. The normalized spacial score (nSPS) is 15.6. The van der Waals surface area contributed by atoms with Crippen molar-refractivity contribution < 1.29 is 13.7 Å². The zero-order valence-electron chi connectivity index (χ0n) is 8.17. The molecule has 1 aromatic rings. The van der Waals surface area contributed by atoms with Gasteiger partial charge in [-0.2, -0.15) is 0 Å². The molecule has 0 aliphatic carbocycles. The highest BCUT2D eigenvalue weighted by molar-refractivity contribution is 5.63. The molecule has 86 valence electrons. The maximum absolute atomic E-state index is 13.4. The third kappa shape index (κ3) is 1.94. The van der Waals surface area contributed by atoms with E-state index in [1.165, 1.54) is 0 Å². The second-order valence-electron chi connectivity index (χ2n) is 3.54. The van der Waals surface area contributed by atoms with Crippen LogP contribution in [0.15, 0.2) is 12.1 Å². The van der Waals surface area contributed by atoms with Crippen LogP contribution in [0, 0.1) is 21.7 Å². The Labute approximate surface area is 89.6 Å². The fraction of sp³-hybridized carbons (Fsp3) is 0.333. The SMILES string of the molecule is O=[N+]([O-])c1cc(F)cc(F)c1NC1CNC1. The summed E-state index contributed by atoms with van der Waals surface area (Å²) in [6.45, 7) is 1.21. The number of nitro groups is 1. The minimum Gasteiger partial charge on any atom is -0.372 e. The molecule has 1 aromatic carbocycles. The highest BCUT2D eigenvalue weighted by Crippen LogP contribution is 2.29. The minimum absolute atomic E-state index is 0.0568. The summed E-state index contributed by atoms with van der Waals surface area (Å²) in [6.07, 6.45) is 0. The molecule has 1 aliphatic rings. The van der Waals surface area contributed by atoms with Crippen LogP contribution in [-0.4, -0.2) is 24.1 Å². The van der Waals surface area contributed by atoms with Crippen LogP contribution in [-0.2, 0) is 0 Å². The van der Waals surface area contributed by atoms with E-state index in [-0.39, 0.29) is 11.7 Å². The average Bonchev–Trinajstić information content (AvgIpc) is 2.12. The van der Waals surface area contributed by atoms with Gasteiger partial charge in [0.05, 0.1) is 17.0 Å². The van der Waals surface area contributed by atoms with Crippen LogP contribution >= 0.6 is 0 Å². The summed E-state index contributed by atoms with van der Waals surface area (Å²) in [5, 5.41) is 16.2. The van der Waals surface area contributed by atoms with Crippen LogP contribution < -0.4 is 10.6 Å². The monoisotopic (exact) mass is 229 g/mol. The Morgan fingerprint density at radius 1 is 1.44 bits per heavy atom. The quantitative estimate of drug-likeness (QED) is 0.604. The van der Waals surface area contributed by atoms with Gasteiger partial charge in [-0.3, -0.25) is 10.1 Å². The van der Waals surface area contributed by atoms with Crippen molar-refractivity contribution in [1.29, 1.82) is 0 Å². The number of nitro benzene ring substituents is 1. The minimum atomic E-state index is -0.957. The maximum atomic E-state index is 13.4. The van der Waals surface area contributed by atoms with Crippen LogP contribution in [0.5, 0.6) is 0 Å². The van der Waals surface area contributed by atoms with Gasteiger partial charge in [0.25, 0.3) is 5.69 Å². The van der Waals surface area contributed by atoms with E-state index in [4.69, 9.17) is 0 Å². The molecular weight excluding hydrogens is 220 g/mol. The lowest BCUT2D eigenvalue weighted by atomic mass is 10.1. The molecule has 1 saturated heterocycles. The Balaban J connectivity index is 2.35. The molecule has 0 radical (unpaired) electrons. The average molecular weight is 229 g/mol. The Morgan fingerprint density at radius 2 is 2.12 bits per heavy atom. The number of nitrogens with zero attached hydrogens (tertiary/aromatic N) is 1. The Hall–Kier alpha value is -1.76. The zero-order chi connectivity index (χ0) is 11.7. The molecule has 0 atom stereocenters. The second kappa shape index (κ2) is 4.01. The molecule has 0 amide bonds. The summed E-state index contributed by atoms with van der Waals surface area (Å²) in [7, 11) is 0. The van der Waals surface area contributed by atoms with Gasteiger partial charge in [0.2, 0.25) is 0 Å². The Kier molecular flexibility index (Phi) is 2.69. The number of halogens is 2. The van der Waals surface area contributed by atoms with E-state index in [9.17, 15) is 18.9 Å². The predicted octanol–water partition coefficient (Wildman–Crippen LogP) is 1.26. The summed E-state index contributed by atoms with van der Waals surface area (Å²) < 4.78 is 26.2. The predicted molar refractivity (Wildman–Crippen MR) is 53.3 cm³/mol. The van der Waals surface area contributed by atoms with Crippen LogP contribution in [0.25, 0.3) is 0 Å². The van der Waals surface area contributed by atoms with Gasteiger partial charge < -0.3 is 10.6 Å². The van der Waals surface area contributed by atoms with E-state index in [0.29, 0.717) is 25.2 Å². The number of rotatable bonds is 3. The smallest absolute Gasteiger partial charge is 0.298 e. The van der Waals surface area contributed by atoms with Crippen LogP contribution in [0.3, 0.4) is 0 Å². The summed E-state index contributed by atoms with van der Waals surface area (Å²) in [5.74, 6) is -1.90. The molecule has 0 spiro atoms. The fourth-order valence-electron chi connectivity index (χ4n) is 1.44. The van der Waals surface area contributed by atoms with E-state index in [2.05, 4.69) is 10.6 Å². The van der Waals surface area contributed by atoms with Gasteiger partial charge >= 0.3 is 0 Å². The molecule has 0 unspecified atom stereocenters. The molecule has 5 nitrogen and oxygen atoms in total. The first-order valence-electron chi connectivity index (χ1n) is 4.68. The number of hydrogen-bond donors (Lipinski definition) is 2. The van der Waals surface area contributed by atoms with E-state index < -0.39 is 22.2 Å². The van der Waals surface area contributed by atoms with Crippen molar-refractivity contribution in [2.24, 2.45) is 0 Å². The standard InChI is InChI=1S/C9H9F2N3O2/c10-5-1-7(11)9(8(2-5)14(15)16)13-6-3-12-4-6/h1-2,6,12-13H,3-4H2. The Bertz CT molecular complexity index is 435. The van der Waals surface area contributed by atoms with Crippen molar-refractivity contribution in [3.8, 4) is 0 Å². The van der Waals surface area contributed by atoms with Gasteiger partial charge in [-0.25, -0.2) is 8.78 Å². The first-order valence-corrected chi connectivity index (χ1v) is 4.68.